The third-order valence-corrected chi connectivity index (χ3v) is 7.16. The summed E-state index contributed by atoms with van der Waals surface area (Å²) >= 11 is 0. The molecule has 0 spiro atoms. The molecule has 0 bridgehead atoms. The van der Waals surface area contributed by atoms with Crippen LogP contribution in [0.25, 0.3) is 0 Å². The van der Waals surface area contributed by atoms with Crippen LogP contribution in [0.15, 0.2) is 58.3 Å². The highest BCUT2D eigenvalue weighted by molar-refractivity contribution is 8.00. The molecule has 0 radical (unpaired) electrons. The smallest absolute Gasteiger partial charge is 0.115 e. The van der Waals surface area contributed by atoms with Crippen LogP contribution in [0.4, 0.5) is 0 Å². The van der Waals surface area contributed by atoms with Crippen LogP contribution in [0.2, 0.25) is 0 Å². The number of aliphatic hydroxyl groups excluding tert-OH is 1. The van der Waals surface area contributed by atoms with Crippen LogP contribution in [0.5, 0.6) is 0 Å². The first-order valence-electron chi connectivity index (χ1n) is 9.27. The summed E-state index contributed by atoms with van der Waals surface area (Å²) in [7, 11) is -0.743. The second-order valence-electron chi connectivity index (χ2n) is 7.24. The third kappa shape index (κ3) is 4.47. The minimum Gasteiger partial charge on any atom is -0.388 e. The number of fused-ring (bicyclic) bond motifs is 1. The highest BCUT2D eigenvalue weighted by Crippen LogP contribution is 2.28. The van der Waals surface area contributed by atoms with Gasteiger partial charge in [-0.15, -0.1) is 0 Å². The number of ether oxygens (including phenoxy) is 3. The molecule has 2 aliphatic heterocycles. The lowest BCUT2D eigenvalue weighted by Crippen LogP contribution is -2.32. The van der Waals surface area contributed by atoms with Gasteiger partial charge in [-0.25, -0.2) is 0 Å². The second-order valence-corrected chi connectivity index (χ2v) is 9.53. The first-order chi connectivity index (χ1) is 13.3. The van der Waals surface area contributed by atoms with Gasteiger partial charge < -0.3 is 19.3 Å². The molecule has 1 N–H and O–H groups in total. The topological polar surface area (TPSA) is 65.0 Å². The molecule has 28 heavy (non-hydrogen) atoms. The molecule has 152 valence electrons. The lowest BCUT2D eigenvalue weighted by atomic mass is 10.1. The lowest BCUT2D eigenvalue weighted by molar-refractivity contribution is -0.0168. The summed E-state index contributed by atoms with van der Waals surface area (Å²) in [6.07, 6.45) is -0.702. The number of hydrogen-bond acceptors (Lipinski definition) is 5. The highest BCUT2D eigenvalue weighted by atomic mass is 32.2. The Hall–Kier alpha value is -1.70. The van der Waals surface area contributed by atoms with Crippen LogP contribution in [-0.2, 0) is 23.7 Å². The molecule has 4 rings (SSSR count). The van der Waals surface area contributed by atoms with Crippen molar-refractivity contribution in [2.45, 2.75) is 48.1 Å². The van der Waals surface area contributed by atoms with Crippen LogP contribution in [-0.4, -0.2) is 59.9 Å². The molecule has 2 fully saturated rings. The van der Waals surface area contributed by atoms with Gasteiger partial charge in [0.05, 0.1) is 13.2 Å². The molecule has 0 amide bonds. The van der Waals surface area contributed by atoms with Gasteiger partial charge in [0.1, 0.15) is 24.4 Å². The number of aliphatic hydroxyl groups is 1. The minimum atomic E-state index is -2.37. The van der Waals surface area contributed by atoms with E-state index >= 15 is 0 Å². The van der Waals surface area contributed by atoms with Gasteiger partial charge in [-0.05, 0) is 44.0 Å². The van der Waals surface area contributed by atoms with Gasteiger partial charge in [-0.3, -0.25) is 4.21 Å². The number of aryl methyl sites for hydroxylation is 2. The van der Waals surface area contributed by atoms with E-state index in [9.17, 15) is 9.32 Å². The van der Waals surface area contributed by atoms with Crippen LogP contribution in [0.3, 0.4) is 0 Å². The largest absolute Gasteiger partial charge is 0.388 e. The highest BCUT2D eigenvalue weighted by Gasteiger charge is 2.47. The van der Waals surface area contributed by atoms with E-state index in [4.69, 9.17) is 14.2 Å². The molecule has 5 nitrogen and oxygen atoms in total. The zero-order chi connectivity index (χ0) is 20.3. The maximum Gasteiger partial charge on any atom is 0.115 e. The standard InChI is InChI=1S/C15H16OS.C7H12O4/c1-12-4-8-14(9-5-12)17(3,16)15-10-6-13(2)7-11-15;1-9-5-3-11-6-4(8)2-10-7(5)6/h4-11H,3H2,1-2H3;4-8H,2-3H2,1H3/t;4-,5-,6-,7-/m.1/s1. The van der Waals surface area contributed by atoms with E-state index in [0.29, 0.717) is 13.2 Å². The Morgan fingerprint density at radius 1 is 0.929 bits per heavy atom. The molecule has 2 aromatic rings. The molecule has 0 aromatic heterocycles. The van der Waals surface area contributed by atoms with Gasteiger partial charge in [0, 0.05) is 26.4 Å². The van der Waals surface area contributed by atoms with Gasteiger partial charge in [-0.2, -0.15) is 0 Å². The first kappa shape index (κ1) is 21.0. The van der Waals surface area contributed by atoms with E-state index in [1.165, 1.54) is 0 Å². The summed E-state index contributed by atoms with van der Waals surface area (Å²) in [4.78, 5) is 1.57. The van der Waals surface area contributed by atoms with E-state index in [-0.39, 0.29) is 18.3 Å². The van der Waals surface area contributed by atoms with Crippen molar-refractivity contribution < 1.29 is 23.5 Å². The van der Waals surface area contributed by atoms with Crippen molar-refractivity contribution in [3.63, 3.8) is 0 Å². The quantitative estimate of drug-likeness (QED) is 0.797. The van der Waals surface area contributed by atoms with Crippen molar-refractivity contribution in [2.24, 2.45) is 0 Å². The van der Waals surface area contributed by atoms with Crippen molar-refractivity contribution in [3.05, 3.63) is 59.7 Å². The van der Waals surface area contributed by atoms with Crippen LogP contribution in [0, 0.1) is 13.8 Å². The molecule has 0 aliphatic carbocycles. The van der Waals surface area contributed by atoms with Gasteiger partial charge in [-0.1, -0.05) is 35.4 Å². The van der Waals surface area contributed by atoms with E-state index in [1.54, 1.807) is 7.11 Å². The molecule has 2 aromatic carbocycles. The number of rotatable bonds is 3. The predicted octanol–water partition coefficient (Wildman–Crippen LogP) is 2.60. The Kier molecular flexibility index (Phi) is 6.58. The molecule has 2 saturated heterocycles. The number of methoxy groups -OCH3 is 1. The van der Waals surface area contributed by atoms with E-state index in [2.05, 4.69) is 5.87 Å². The fourth-order valence-electron chi connectivity index (χ4n) is 3.30. The molecule has 0 saturated carbocycles. The fourth-order valence-corrected chi connectivity index (χ4v) is 4.72. The van der Waals surface area contributed by atoms with Crippen LogP contribution in [0.1, 0.15) is 11.1 Å². The Morgan fingerprint density at radius 3 is 1.86 bits per heavy atom. The molecule has 6 heteroatoms. The third-order valence-electron chi connectivity index (χ3n) is 5.09. The zero-order valence-corrected chi connectivity index (χ0v) is 17.4. The van der Waals surface area contributed by atoms with Crippen LogP contribution >= 0.6 is 0 Å². The summed E-state index contributed by atoms with van der Waals surface area (Å²) in [6.45, 7) is 4.93. The lowest BCUT2D eigenvalue weighted by Gasteiger charge is -2.12. The van der Waals surface area contributed by atoms with Crippen LogP contribution < -0.4 is 0 Å². The van der Waals surface area contributed by atoms with Gasteiger partial charge in [0.15, 0.2) is 0 Å². The van der Waals surface area contributed by atoms with Crippen molar-refractivity contribution in [3.8, 4) is 0 Å². The molecule has 2 heterocycles. The average molecular weight is 405 g/mol. The van der Waals surface area contributed by atoms with Crippen molar-refractivity contribution in [1.29, 1.82) is 0 Å². The molecular weight excluding hydrogens is 376 g/mol. The minimum absolute atomic E-state index is 0.00264. The predicted molar refractivity (Wildman–Crippen MR) is 110 cm³/mol. The Balaban J connectivity index is 0.000000176. The fraction of sp³-hybridized carbons (Fsp3) is 0.409. The number of hydrogen-bond donors (Lipinski definition) is 1. The summed E-state index contributed by atoms with van der Waals surface area (Å²) in [5.41, 5.74) is 2.32. The summed E-state index contributed by atoms with van der Waals surface area (Å²) < 4.78 is 28.4. The summed E-state index contributed by atoms with van der Waals surface area (Å²) in [5.74, 6) is 3.90. The summed E-state index contributed by atoms with van der Waals surface area (Å²) in [6, 6.07) is 15.4. The second kappa shape index (κ2) is 8.76. The Labute approximate surface area is 167 Å². The average Bonchev–Trinajstić information content (AvgIpc) is 3.26. The van der Waals surface area contributed by atoms with E-state index in [0.717, 1.165) is 20.9 Å². The maximum absolute atomic E-state index is 12.7. The Morgan fingerprint density at radius 2 is 1.39 bits per heavy atom. The van der Waals surface area contributed by atoms with E-state index < -0.39 is 15.6 Å². The molecule has 4 atom stereocenters. The van der Waals surface area contributed by atoms with Gasteiger partial charge in [0.2, 0.25) is 0 Å². The van der Waals surface area contributed by atoms with Gasteiger partial charge >= 0.3 is 0 Å². The van der Waals surface area contributed by atoms with Crippen molar-refractivity contribution in [1.82, 2.24) is 0 Å². The van der Waals surface area contributed by atoms with Gasteiger partial charge in [0.25, 0.3) is 0 Å². The zero-order valence-electron chi connectivity index (χ0n) is 16.5. The Bertz CT molecular complexity index is 823. The molecule has 0 unspecified atom stereocenters. The number of benzene rings is 2. The van der Waals surface area contributed by atoms with Crippen molar-refractivity contribution in [2.75, 3.05) is 20.3 Å². The SMILES string of the molecule is C=S(=O)(c1ccc(C)cc1)c1ccc(C)cc1.CO[C@@H]1CO[C@H]2[C@@H]1OC[C@H]2O. The first-order valence-corrected chi connectivity index (χ1v) is 11.0. The normalized spacial score (nSPS) is 26.4. The molecular formula is C22H28O5S. The van der Waals surface area contributed by atoms with E-state index in [1.807, 2.05) is 62.4 Å². The molecule has 2 aliphatic rings. The monoisotopic (exact) mass is 404 g/mol. The summed E-state index contributed by atoms with van der Waals surface area (Å²) in [5, 5.41) is 9.31. The maximum atomic E-state index is 12.7. The van der Waals surface area contributed by atoms with Crippen molar-refractivity contribution >= 4 is 15.4 Å².